The molecule has 0 unspecified atom stereocenters. The van der Waals surface area contributed by atoms with Crippen LogP contribution in [0.15, 0.2) is 186 Å². The van der Waals surface area contributed by atoms with Crippen LogP contribution in [-0.2, 0) is 0 Å². The molecular formula is C51H30N4O. The number of hydrogen-bond acceptors (Lipinski definition) is 4. The number of hydrogen-bond donors (Lipinski definition) is 0. The van der Waals surface area contributed by atoms with Gasteiger partial charge in [0.15, 0.2) is 23.1 Å². The highest BCUT2D eigenvalue weighted by Crippen LogP contribution is 2.44. The van der Waals surface area contributed by atoms with E-state index in [1.807, 2.05) is 30.3 Å². The molecule has 12 aromatic rings. The maximum atomic E-state index is 7.15. The first-order valence-corrected chi connectivity index (χ1v) is 18.9. The van der Waals surface area contributed by atoms with Crippen LogP contribution in [0, 0.1) is 0 Å². The van der Waals surface area contributed by atoms with Crippen LogP contribution in [-0.4, -0.2) is 19.5 Å². The molecule has 0 spiro atoms. The van der Waals surface area contributed by atoms with Gasteiger partial charge < -0.3 is 8.98 Å². The van der Waals surface area contributed by atoms with E-state index >= 15 is 0 Å². The molecule has 0 amide bonds. The van der Waals surface area contributed by atoms with Crippen LogP contribution in [0.3, 0.4) is 0 Å². The van der Waals surface area contributed by atoms with Crippen molar-refractivity contribution in [3.63, 3.8) is 0 Å². The van der Waals surface area contributed by atoms with Gasteiger partial charge in [0.25, 0.3) is 0 Å². The Balaban J connectivity index is 1.17. The lowest BCUT2D eigenvalue weighted by Crippen LogP contribution is -2.00. The minimum absolute atomic E-state index is 0.592. The predicted molar refractivity (Wildman–Crippen MR) is 230 cm³/mol. The zero-order chi connectivity index (χ0) is 36.7. The summed E-state index contributed by atoms with van der Waals surface area (Å²) in [7, 11) is 0. The molecule has 0 saturated carbocycles. The minimum Gasteiger partial charge on any atom is -0.453 e. The Labute approximate surface area is 320 Å². The van der Waals surface area contributed by atoms with Crippen molar-refractivity contribution in [2.45, 2.75) is 0 Å². The van der Waals surface area contributed by atoms with Crippen LogP contribution >= 0.6 is 0 Å². The number of benzene rings is 9. The zero-order valence-electron chi connectivity index (χ0n) is 30.0. The Kier molecular flexibility index (Phi) is 6.56. The van der Waals surface area contributed by atoms with Gasteiger partial charge >= 0.3 is 0 Å². The highest BCUT2D eigenvalue weighted by molar-refractivity contribution is 6.22. The molecule has 3 aromatic heterocycles. The Morgan fingerprint density at radius 1 is 0.357 bits per heavy atom. The van der Waals surface area contributed by atoms with Crippen molar-refractivity contribution in [1.29, 1.82) is 0 Å². The topological polar surface area (TPSA) is 56.7 Å². The Morgan fingerprint density at radius 2 is 0.982 bits per heavy atom. The third-order valence-corrected chi connectivity index (χ3v) is 11.2. The lowest BCUT2D eigenvalue weighted by molar-refractivity contribution is 0.670. The summed E-state index contributed by atoms with van der Waals surface area (Å²) in [5, 5.41) is 11.2. The van der Waals surface area contributed by atoms with Crippen LogP contribution in [0.4, 0.5) is 0 Å². The second-order valence-electron chi connectivity index (χ2n) is 14.4. The number of aromatic nitrogens is 4. The molecule has 56 heavy (non-hydrogen) atoms. The van der Waals surface area contributed by atoms with Crippen molar-refractivity contribution < 1.29 is 4.42 Å². The van der Waals surface area contributed by atoms with Crippen molar-refractivity contribution in [2.24, 2.45) is 0 Å². The average molecular weight is 715 g/mol. The number of nitrogens with zero attached hydrogens (tertiary/aromatic N) is 4. The van der Waals surface area contributed by atoms with Crippen molar-refractivity contribution in [2.75, 3.05) is 0 Å². The second-order valence-corrected chi connectivity index (χ2v) is 14.4. The molecule has 0 aliphatic carbocycles. The van der Waals surface area contributed by atoms with Gasteiger partial charge in [-0.25, -0.2) is 15.0 Å². The van der Waals surface area contributed by atoms with Gasteiger partial charge in [-0.05, 0) is 63.3 Å². The highest BCUT2D eigenvalue weighted by Gasteiger charge is 2.23. The fourth-order valence-electron chi connectivity index (χ4n) is 8.56. The first-order chi connectivity index (χ1) is 27.7. The van der Waals surface area contributed by atoms with Crippen molar-refractivity contribution in [3.8, 4) is 39.9 Å². The summed E-state index contributed by atoms with van der Waals surface area (Å²) in [6.45, 7) is 0. The standard InChI is InChI=1S/C51H30N4O/c1-2-14-32(15-3-1)49-52-50(37-26-25-31-13-4-5-16-33(31)27-37)54-51(53-49)42-29-36-19-8-9-20-38(36)48-46(42)40-22-12-24-44(47(40)56-48)55-43-23-11-10-21-39(43)41-28-34-17-6-7-18-35(34)30-45(41)55/h1-30H. The van der Waals surface area contributed by atoms with Crippen LogP contribution in [0.1, 0.15) is 0 Å². The molecule has 0 fully saturated rings. The summed E-state index contributed by atoms with van der Waals surface area (Å²) in [5.74, 6) is 1.83. The van der Waals surface area contributed by atoms with Gasteiger partial charge in [0, 0.05) is 43.6 Å². The molecule has 9 aromatic carbocycles. The Bertz CT molecular complexity index is 3540. The monoisotopic (exact) mass is 714 g/mol. The molecule has 3 heterocycles. The van der Waals surface area contributed by atoms with E-state index in [4.69, 9.17) is 19.4 Å². The number of furan rings is 1. The van der Waals surface area contributed by atoms with Gasteiger partial charge in [0.1, 0.15) is 5.58 Å². The molecule has 5 heteroatoms. The average Bonchev–Trinajstić information content (AvgIpc) is 3.82. The summed E-state index contributed by atoms with van der Waals surface area (Å²) in [5.41, 5.74) is 7.60. The first kappa shape index (κ1) is 30.8. The number of rotatable bonds is 4. The summed E-state index contributed by atoms with van der Waals surface area (Å²) >= 11 is 0. The van der Waals surface area contributed by atoms with Crippen LogP contribution in [0.25, 0.3) is 116 Å². The largest absolute Gasteiger partial charge is 0.453 e. The second kappa shape index (κ2) is 11.9. The van der Waals surface area contributed by atoms with Crippen molar-refractivity contribution in [3.05, 3.63) is 182 Å². The van der Waals surface area contributed by atoms with Gasteiger partial charge in [0.2, 0.25) is 0 Å². The highest BCUT2D eigenvalue weighted by atomic mass is 16.3. The molecule has 0 atom stereocenters. The lowest BCUT2D eigenvalue weighted by Gasteiger charge is -2.11. The first-order valence-electron chi connectivity index (χ1n) is 18.9. The molecule has 0 aliphatic heterocycles. The molecule has 0 bridgehead atoms. The molecule has 0 saturated heterocycles. The minimum atomic E-state index is 0.592. The van der Waals surface area contributed by atoms with Gasteiger partial charge in [-0.2, -0.15) is 0 Å². The van der Waals surface area contributed by atoms with Crippen molar-refractivity contribution >= 4 is 76.1 Å². The van der Waals surface area contributed by atoms with E-state index in [1.165, 1.54) is 26.9 Å². The van der Waals surface area contributed by atoms with E-state index in [9.17, 15) is 0 Å². The zero-order valence-corrected chi connectivity index (χ0v) is 30.0. The van der Waals surface area contributed by atoms with E-state index in [0.717, 1.165) is 71.5 Å². The molecule has 5 nitrogen and oxygen atoms in total. The molecule has 12 rings (SSSR count). The lowest BCUT2D eigenvalue weighted by atomic mass is 9.99. The quantitative estimate of drug-likeness (QED) is 0.182. The van der Waals surface area contributed by atoms with E-state index < -0.39 is 0 Å². The van der Waals surface area contributed by atoms with Gasteiger partial charge in [-0.1, -0.05) is 146 Å². The molecular weight excluding hydrogens is 685 g/mol. The smallest absolute Gasteiger partial charge is 0.164 e. The summed E-state index contributed by atoms with van der Waals surface area (Å²) < 4.78 is 9.51. The molecule has 0 N–H and O–H groups in total. The molecule has 0 aliphatic rings. The third-order valence-electron chi connectivity index (χ3n) is 11.2. The predicted octanol–water partition coefficient (Wildman–Crippen LogP) is 13.3. The number of para-hydroxylation sites is 2. The Hall–Kier alpha value is -7.63. The van der Waals surface area contributed by atoms with Crippen molar-refractivity contribution in [1.82, 2.24) is 19.5 Å². The Morgan fingerprint density at radius 3 is 1.80 bits per heavy atom. The fraction of sp³-hybridized carbons (Fsp3) is 0. The van der Waals surface area contributed by atoms with E-state index in [2.05, 4.69) is 156 Å². The van der Waals surface area contributed by atoms with E-state index in [1.54, 1.807) is 0 Å². The maximum Gasteiger partial charge on any atom is 0.164 e. The van der Waals surface area contributed by atoms with E-state index in [-0.39, 0.29) is 0 Å². The summed E-state index contributed by atoms with van der Waals surface area (Å²) in [6, 6.07) is 63.8. The van der Waals surface area contributed by atoms with Gasteiger partial charge in [0.05, 0.1) is 16.7 Å². The third kappa shape index (κ3) is 4.64. The van der Waals surface area contributed by atoms with Gasteiger partial charge in [-0.15, -0.1) is 0 Å². The summed E-state index contributed by atoms with van der Waals surface area (Å²) in [6.07, 6.45) is 0. The van der Waals surface area contributed by atoms with Gasteiger partial charge in [-0.3, -0.25) is 0 Å². The van der Waals surface area contributed by atoms with Crippen LogP contribution in [0.5, 0.6) is 0 Å². The fourth-order valence-corrected chi connectivity index (χ4v) is 8.56. The summed E-state index contributed by atoms with van der Waals surface area (Å²) in [4.78, 5) is 15.6. The SMILES string of the molecule is c1ccc(-c2nc(-c3ccc4ccccc4c3)nc(-c3cc4ccccc4c4oc5c(-n6c7ccccc7c7cc8ccccc8cc76)cccc5c34)n2)cc1. The normalized spacial score (nSPS) is 11.9. The molecule has 0 radical (unpaired) electrons. The number of fused-ring (bicyclic) bond motifs is 10. The molecule has 260 valence electrons. The van der Waals surface area contributed by atoms with Crippen LogP contribution in [0.2, 0.25) is 0 Å². The maximum absolute atomic E-state index is 7.15. The van der Waals surface area contributed by atoms with Crippen LogP contribution < -0.4 is 0 Å². The van der Waals surface area contributed by atoms with E-state index in [0.29, 0.717) is 17.5 Å².